The van der Waals surface area contributed by atoms with E-state index in [9.17, 15) is 14.7 Å². The molecule has 0 aromatic rings. The molecule has 2 atom stereocenters. The SMILES string of the molecule is CCOCCN(CC)C(=O)C1CC=CCC1C(=O)O. The number of carbonyl (C=O) groups excluding carboxylic acids is 1. The molecule has 19 heavy (non-hydrogen) atoms. The van der Waals surface area contributed by atoms with Crippen molar-refractivity contribution in [2.24, 2.45) is 11.8 Å². The monoisotopic (exact) mass is 269 g/mol. The lowest BCUT2D eigenvalue weighted by molar-refractivity contribution is -0.150. The van der Waals surface area contributed by atoms with Crippen molar-refractivity contribution >= 4 is 11.9 Å². The van der Waals surface area contributed by atoms with Crippen molar-refractivity contribution in [3.63, 3.8) is 0 Å². The summed E-state index contributed by atoms with van der Waals surface area (Å²) in [6, 6.07) is 0. The smallest absolute Gasteiger partial charge is 0.307 e. The van der Waals surface area contributed by atoms with E-state index < -0.39 is 17.8 Å². The zero-order chi connectivity index (χ0) is 14.3. The summed E-state index contributed by atoms with van der Waals surface area (Å²) < 4.78 is 5.25. The lowest BCUT2D eigenvalue weighted by Gasteiger charge is -2.30. The molecule has 0 heterocycles. The number of likely N-dealkylation sites (N-methyl/N-ethyl adjacent to an activating group) is 1. The summed E-state index contributed by atoms with van der Waals surface area (Å²) in [4.78, 5) is 25.3. The van der Waals surface area contributed by atoms with Crippen LogP contribution in [0.15, 0.2) is 12.2 Å². The van der Waals surface area contributed by atoms with Crippen LogP contribution < -0.4 is 0 Å². The molecule has 0 fully saturated rings. The molecule has 5 heteroatoms. The predicted molar refractivity (Wildman–Crippen MR) is 71.7 cm³/mol. The number of carbonyl (C=O) groups is 2. The first kappa shape index (κ1) is 15.7. The van der Waals surface area contributed by atoms with Gasteiger partial charge in [0.15, 0.2) is 0 Å². The van der Waals surface area contributed by atoms with Crippen molar-refractivity contribution in [3.05, 3.63) is 12.2 Å². The fourth-order valence-electron chi connectivity index (χ4n) is 2.34. The highest BCUT2D eigenvalue weighted by Crippen LogP contribution is 2.27. The van der Waals surface area contributed by atoms with Gasteiger partial charge in [0, 0.05) is 19.7 Å². The average molecular weight is 269 g/mol. The number of ether oxygens (including phenoxy) is 1. The van der Waals surface area contributed by atoms with Gasteiger partial charge in [0.1, 0.15) is 0 Å². The number of allylic oxidation sites excluding steroid dienone is 2. The lowest BCUT2D eigenvalue weighted by Crippen LogP contribution is -2.43. The van der Waals surface area contributed by atoms with Crippen LogP contribution in [0.4, 0.5) is 0 Å². The van der Waals surface area contributed by atoms with Crippen LogP contribution >= 0.6 is 0 Å². The first-order valence-electron chi connectivity index (χ1n) is 6.86. The number of nitrogens with zero attached hydrogens (tertiary/aromatic N) is 1. The molecule has 0 saturated heterocycles. The molecule has 5 nitrogen and oxygen atoms in total. The summed E-state index contributed by atoms with van der Waals surface area (Å²) in [5, 5.41) is 9.20. The quantitative estimate of drug-likeness (QED) is 0.562. The Bertz CT molecular complexity index is 340. The Morgan fingerprint density at radius 2 is 1.89 bits per heavy atom. The molecule has 0 aromatic carbocycles. The number of amides is 1. The second-order valence-electron chi connectivity index (χ2n) is 4.61. The second kappa shape index (κ2) is 7.94. The van der Waals surface area contributed by atoms with E-state index in [-0.39, 0.29) is 5.91 Å². The molecule has 1 rings (SSSR count). The zero-order valence-electron chi connectivity index (χ0n) is 11.7. The molecular weight excluding hydrogens is 246 g/mol. The van der Waals surface area contributed by atoms with Crippen molar-refractivity contribution in [1.29, 1.82) is 0 Å². The summed E-state index contributed by atoms with van der Waals surface area (Å²) in [5.74, 6) is -2.00. The van der Waals surface area contributed by atoms with Gasteiger partial charge in [0.2, 0.25) is 5.91 Å². The van der Waals surface area contributed by atoms with Crippen LogP contribution in [0, 0.1) is 11.8 Å². The van der Waals surface area contributed by atoms with Crippen LogP contribution in [0.2, 0.25) is 0 Å². The van der Waals surface area contributed by atoms with E-state index >= 15 is 0 Å². The Balaban J connectivity index is 2.66. The van der Waals surface area contributed by atoms with Crippen LogP contribution in [0.25, 0.3) is 0 Å². The predicted octanol–water partition coefficient (Wildman–Crippen LogP) is 1.54. The Morgan fingerprint density at radius 1 is 1.26 bits per heavy atom. The number of carboxylic acids is 1. The Kier molecular flexibility index (Phi) is 6.56. The molecule has 1 amide bonds. The minimum atomic E-state index is -0.886. The van der Waals surface area contributed by atoms with Crippen molar-refractivity contribution in [3.8, 4) is 0 Å². The molecule has 108 valence electrons. The maximum absolute atomic E-state index is 12.4. The zero-order valence-corrected chi connectivity index (χ0v) is 11.7. The van der Waals surface area contributed by atoms with Gasteiger partial charge < -0.3 is 14.7 Å². The van der Waals surface area contributed by atoms with E-state index in [4.69, 9.17) is 4.74 Å². The molecule has 0 saturated carbocycles. The van der Waals surface area contributed by atoms with Gasteiger partial charge in [-0.05, 0) is 26.7 Å². The fraction of sp³-hybridized carbons (Fsp3) is 0.714. The largest absolute Gasteiger partial charge is 0.481 e. The fourth-order valence-corrected chi connectivity index (χ4v) is 2.34. The van der Waals surface area contributed by atoms with E-state index in [1.54, 1.807) is 4.90 Å². The van der Waals surface area contributed by atoms with Gasteiger partial charge in [-0.3, -0.25) is 9.59 Å². The highest BCUT2D eigenvalue weighted by atomic mass is 16.5. The minimum absolute atomic E-state index is 0.0704. The first-order valence-corrected chi connectivity index (χ1v) is 6.86. The number of rotatable bonds is 7. The number of aliphatic carboxylic acids is 1. The average Bonchev–Trinajstić information content (AvgIpc) is 2.43. The molecule has 0 aliphatic heterocycles. The third kappa shape index (κ3) is 4.35. The van der Waals surface area contributed by atoms with Gasteiger partial charge in [-0.2, -0.15) is 0 Å². The van der Waals surface area contributed by atoms with Crippen LogP contribution in [-0.4, -0.2) is 48.2 Å². The van der Waals surface area contributed by atoms with E-state index in [0.29, 0.717) is 39.1 Å². The number of hydrogen-bond donors (Lipinski definition) is 1. The minimum Gasteiger partial charge on any atom is -0.481 e. The van der Waals surface area contributed by atoms with Gasteiger partial charge in [0.05, 0.1) is 18.4 Å². The summed E-state index contributed by atoms with van der Waals surface area (Å²) in [7, 11) is 0. The lowest BCUT2D eigenvalue weighted by atomic mass is 9.82. The summed E-state index contributed by atoms with van der Waals surface area (Å²) >= 11 is 0. The van der Waals surface area contributed by atoms with Crippen LogP contribution in [0.5, 0.6) is 0 Å². The van der Waals surface area contributed by atoms with Gasteiger partial charge in [0.25, 0.3) is 0 Å². The molecule has 2 unspecified atom stereocenters. The molecule has 1 N–H and O–H groups in total. The summed E-state index contributed by atoms with van der Waals surface area (Å²) in [6.07, 6.45) is 4.70. The maximum atomic E-state index is 12.4. The van der Waals surface area contributed by atoms with Crippen molar-refractivity contribution < 1.29 is 19.4 Å². The number of hydrogen-bond acceptors (Lipinski definition) is 3. The van der Waals surface area contributed by atoms with Crippen molar-refractivity contribution in [2.45, 2.75) is 26.7 Å². The van der Waals surface area contributed by atoms with E-state index in [1.807, 2.05) is 26.0 Å². The maximum Gasteiger partial charge on any atom is 0.307 e. The normalized spacial score (nSPS) is 22.2. The standard InChI is InChI=1S/C14H23NO4/c1-3-15(9-10-19-4-2)13(16)11-7-5-6-8-12(11)14(17)18/h5-6,11-12H,3-4,7-10H2,1-2H3,(H,17,18). The Hall–Kier alpha value is -1.36. The molecule has 0 radical (unpaired) electrons. The molecular formula is C14H23NO4. The van der Waals surface area contributed by atoms with Gasteiger partial charge in [-0.1, -0.05) is 12.2 Å². The number of carboxylic acid groups (broad SMARTS) is 1. The summed E-state index contributed by atoms with van der Waals surface area (Å²) in [6.45, 7) is 6.03. The van der Waals surface area contributed by atoms with Crippen LogP contribution in [0.1, 0.15) is 26.7 Å². The highest BCUT2D eigenvalue weighted by molar-refractivity contribution is 5.85. The second-order valence-corrected chi connectivity index (χ2v) is 4.61. The molecule has 1 aliphatic rings. The topological polar surface area (TPSA) is 66.8 Å². The third-order valence-corrected chi connectivity index (χ3v) is 3.47. The summed E-state index contributed by atoms with van der Waals surface area (Å²) in [5.41, 5.74) is 0. The Labute approximate surface area is 114 Å². The van der Waals surface area contributed by atoms with Gasteiger partial charge in [-0.25, -0.2) is 0 Å². The third-order valence-electron chi connectivity index (χ3n) is 3.47. The Morgan fingerprint density at radius 3 is 2.42 bits per heavy atom. The van der Waals surface area contributed by atoms with Gasteiger partial charge >= 0.3 is 5.97 Å². The molecule has 1 aliphatic carbocycles. The van der Waals surface area contributed by atoms with Crippen molar-refractivity contribution in [2.75, 3.05) is 26.3 Å². The van der Waals surface area contributed by atoms with Gasteiger partial charge in [-0.15, -0.1) is 0 Å². The molecule has 0 bridgehead atoms. The van der Waals surface area contributed by atoms with Crippen LogP contribution in [-0.2, 0) is 14.3 Å². The van der Waals surface area contributed by atoms with E-state index in [1.165, 1.54) is 0 Å². The highest BCUT2D eigenvalue weighted by Gasteiger charge is 2.35. The van der Waals surface area contributed by atoms with Crippen molar-refractivity contribution in [1.82, 2.24) is 4.90 Å². The van der Waals surface area contributed by atoms with Crippen LogP contribution in [0.3, 0.4) is 0 Å². The molecule has 0 aromatic heterocycles. The first-order chi connectivity index (χ1) is 9.11. The van der Waals surface area contributed by atoms with E-state index in [2.05, 4.69) is 0 Å². The van der Waals surface area contributed by atoms with E-state index in [0.717, 1.165) is 0 Å². The molecule has 0 spiro atoms.